The van der Waals surface area contributed by atoms with Crippen LogP contribution in [0.4, 0.5) is 0 Å². The molecule has 6 heteroatoms. The van der Waals surface area contributed by atoms with Gasteiger partial charge in [-0.05, 0) is 30.3 Å². The Labute approximate surface area is 133 Å². The van der Waals surface area contributed by atoms with Crippen molar-refractivity contribution >= 4 is 17.7 Å². The van der Waals surface area contributed by atoms with Gasteiger partial charge in [0.05, 0.1) is 18.0 Å². The van der Waals surface area contributed by atoms with Crippen molar-refractivity contribution in [1.29, 1.82) is 0 Å². The SMILES string of the molecule is O=C(CSc1ccc2c(c1)OCCO2)NCc1ccccn1. The molecule has 1 aromatic heterocycles. The van der Waals surface area contributed by atoms with Crippen LogP contribution >= 0.6 is 11.8 Å². The summed E-state index contributed by atoms with van der Waals surface area (Å²) in [6.45, 7) is 1.59. The molecule has 0 fully saturated rings. The highest BCUT2D eigenvalue weighted by Gasteiger charge is 2.12. The molecule has 1 aromatic carbocycles. The second-order valence-electron chi connectivity index (χ2n) is 4.69. The van der Waals surface area contributed by atoms with Crippen molar-refractivity contribution in [3.05, 3.63) is 48.3 Å². The molecular formula is C16H16N2O3S. The molecule has 5 nitrogen and oxygen atoms in total. The quantitative estimate of drug-likeness (QED) is 0.858. The minimum atomic E-state index is -0.0226. The molecule has 0 aliphatic carbocycles. The van der Waals surface area contributed by atoms with Gasteiger partial charge >= 0.3 is 0 Å². The molecule has 0 atom stereocenters. The number of carbonyl (C=O) groups excluding carboxylic acids is 1. The zero-order chi connectivity index (χ0) is 15.2. The second kappa shape index (κ2) is 7.17. The third kappa shape index (κ3) is 3.92. The Hall–Kier alpha value is -2.21. The van der Waals surface area contributed by atoms with Crippen LogP contribution in [0.2, 0.25) is 0 Å². The lowest BCUT2D eigenvalue weighted by atomic mass is 10.3. The third-order valence-electron chi connectivity index (χ3n) is 3.08. The van der Waals surface area contributed by atoms with Gasteiger partial charge in [0.15, 0.2) is 11.5 Å². The highest BCUT2D eigenvalue weighted by molar-refractivity contribution is 8.00. The zero-order valence-electron chi connectivity index (χ0n) is 12.0. The van der Waals surface area contributed by atoms with E-state index in [1.807, 2.05) is 36.4 Å². The molecule has 0 radical (unpaired) electrons. The summed E-state index contributed by atoms with van der Waals surface area (Å²) in [5.41, 5.74) is 0.847. The van der Waals surface area contributed by atoms with Gasteiger partial charge in [0.1, 0.15) is 13.2 Å². The van der Waals surface area contributed by atoms with Gasteiger partial charge < -0.3 is 14.8 Å². The van der Waals surface area contributed by atoms with Crippen LogP contribution in [0.15, 0.2) is 47.5 Å². The van der Waals surface area contributed by atoms with Crippen LogP contribution in [-0.2, 0) is 11.3 Å². The Kier molecular flexibility index (Phi) is 4.80. The van der Waals surface area contributed by atoms with E-state index in [1.165, 1.54) is 11.8 Å². The van der Waals surface area contributed by atoms with Gasteiger partial charge in [-0.2, -0.15) is 0 Å². The summed E-state index contributed by atoms with van der Waals surface area (Å²) < 4.78 is 11.0. The Bertz CT molecular complexity index is 649. The van der Waals surface area contributed by atoms with Crippen molar-refractivity contribution in [2.45, 2.75) is 11.4 Å². The summed E-state index contributed by atoms with van der Waals surface area (Å²) >= 11 is 1.47. The van der Waals surface area contributed by atoms with Crippen LogP contribution < -0.4 is 14.8 Å². The Morgan fingerprint density at radius 2 is 2.05 bits per heavy atom. The molecule has 0 bridgehead atoms. The molecule has 3 rings (SSSR count). The fourth-order valence-corrected chi connectivity index (χ4v) is 2.76. The third-order valence-corrected chi connectivity index (χ3v) is 4.07. The van der Waals surface area contributed by atoms with Crippen molar-refractivity contribution in [2.24, 2.45) is 0 Å². The number of ether oxygens (including phenoxy) is 2. The van der Waals surface area contributed by atoms with Crippen molar-refractivity contribution in [3.8, 4) is 11.5 Å². The van der Waals surface area contributed by atoms with E-state index in [2.05, 4.69) is 10.3 Å². The number of amides is 1. The second-order valence-corrected chi connectivity index (χ2v) is 5.74. The fourth-order valence-electron chi connectivity index (χ4n) is 2.01. The minimum Gasteiger partial charge on any atom is -0.486 e. The van der Waals surface area contributed by atoms with Crippen LogP contribution in [-0.4, -0.2) is 29.9 Å². The average Bonchev–Trinajstić information content (AvgIpc) is 2.59. The standard InChI is InChI=1S/C16H16N2O3S/c19-16(18-10-12-3-1-2-6-17-12)11-22-13-4-5-14-15(9-13)21-8-7-20-14/h1-6,9H,7-8,10-11H2,(H,18,19). The normalized spacial score (nSPS) is 12.7. The summed E-state index contributed by atoms with van der Waals surface area (Å²) in [5, 5.41) is 2.85. The number of hydrogen-bond donors (Lipinski definition) is 1. The van der Waals surface area contributed by atoms with Crippen LogP contribution in [0.3, 0.4) is 0 Å². The number of thioether (sulfide) groups is 1. The van der Waals surface area contributed by atoms with Gasteiger partial charge in [-0.3, -0.25) is 9.78 Å². The molecule has 114 valence electrons. The van der Waals surface area contributed by atoms with Gasteiger partial charge in [0.2, 0.25) is 5.91 Å². The van der Waals surface area contributed by atoms with E-state index < -0.39 is 0 Å². The number of fused-ring (bicyclic) bond motifs is 1. The molecular weight excluding hydrogens is 300 g/mol. The monoisotopic (exact) mass is 316 g/mol. The molecule has 0 unspecified atom stereocenters. The molecule has 22 heavy (non-hydrogen) atoms. The maximum atomic E-state index is 11.9. The summed E-state index contributed by atoms with van der Waals surface area (Å²) in [4.78, 5) is 17.0. The zero-order valence-corrected chi connectivity index (χ0v) is 12.8. The van der Waals surface area contributed by atoms with E-state index in [0.717, 1.165) is 22.1 Å². The van der Waals surface area contributed by atoms with Gasteiger partial charge in [-0.25, -0.2) is 0 Å². The lowest BCUT2D eigenvalue weighted by molar-refractivity contribution is -0.118. The molecule has 0 spiro atoms. The highest BCUT2D eigenvalue weighted by Crippen LogP contribution is 2.34. The van der Waals surface area contributed by atoms with Gasteiger partial charge in [-0.1, -0.05) is 6.07 Å². The lowest BCUT2D eigenvalue weighted by Gasteiger charge is -2.18. The molecule has 1 aliphatic heterocycles. The Morgan fingerprint density at radius 1 is 1.18 bits per heavy atom. The summed E-state index contributed by atoms with van der Waals surface area (Å²) in [6, 6.07) is 11.4. The Balaban J connectivity index is 1.48. The smallest absolute Gasteiger partial charge is 0.230 e. The topological polar surface area (TPSA) is 60.5 Å². The highest BCUT2D eigenvalue weighted by atomic mass is 32.2. The average molecular weight is 316 g/mol. The molecule has 1 aliphatic rings. The van der Waals surface area contributed by atoms with Crippen LogP contribution in [0.5, 0.6) is 11.5 Å². The summed E-state index contributed by atoms with van der Waals surface area (Å²) in [6.07, 6.45) is 1.71. The molecule has 1 N–H and O–H groups in total. The predicted molar refractivity (Wildman–Crippen MR) is 84.2 cm³/mol. The fraction of sp³-hybridized carbons (Fsp3) is 0.250. The molecule has 1 amide bonds. The molecule has 2 heterocycles. The maximum Gasteiger partial charge on any atom is 0.230 e. The maximum absolute atomic E-state index is 11.9. The molecule has 0 saturated heterocycles. The van der Waals surface area contributed by atoms with Crippen LogP contribution in [0, 0.1) is 0 Å². The van der Waals surface area contributed by atoms with E-state index >= 15 is 0 Å². The molecule has 0 saturated carbocycles. The van der Waals surface area contributed by atoms with E-state index in [9.17, 15) is 4.79 Å². The van der Waals surface area contributed by atoms with E-state index in [0.29, 0.717) is 25.5 Å². The van der Waals surface area contributed by atoms with Gasteiger partial charge in [-0.15, -0.1) is 11.8 Å². The van der Waals surface area contributed by atoms with Crippen LogP contribution in [0.1, 0.15) is 5.69 Å². The van der Waals surface area contributed by atoms with Crippen LogP contribution in [0.25, 0.3) is 0 Å². The number of carbonyl (C=O) groups is 1. The van der Waals surface area contributed by atoms with Gasteiger partial charge in [0, 0.05) is 11.1 Å². The number of nitrogens with zero attached hydrogens (tertiary/aromatic N) is 1. The number of benzene rings is 1. The number of aromatic nitrogens is 1. The largest absolute Gasteiger partial charge is 0.486 e. The first-order valence-corrected chi connectivity index (χ1v) is 7.99. The van der Waals surface area contributed by atoms with Gasteiger partial charge in [0.25, 0.3) is 0 Å². The van der Waals surface area contributed by atoms with E-state index in [4.69, 9.17) is 9.47 Å². The van der Waals surface area contributed by atoms with Crippen molar-refractivity contribution in [1.82, 2.24) is 10.3 Å². The number of rotatable bonds is 5. The Morgan fingerprint density at radius 3 is 2.86 bits per heavy atom. The number of pyridine rings is 1. The first-order chi connectivity index (χ1) is 10.8. The first-order valence-electron chi connectivity index (χ1n) is 7.00. The van der Waals surface area contributed by atoms with Crippen molar-refractivity contribution < 1.29 is 14.3 Å². The predicted octanol–water partition coefficient (Wildman–Crippen LogP) is 2.26. The lowest BCUT2D eigenvalue weighted by Crippen LogP contribution is -2.24. The first kappa shape index (κ1) is 14.7. The van der Waals surface area contributed by atoms with E-state index in [-0.39, 0.29) is 5.91 Å². The van der Waals surface area contributed by atoms with Crippen molar-refractivity contribution in [3.63, 3.8) is 0 Å². The van der Waals surface area contributed by atoms with E-state index in [1.54, 1.807) is 6.20 Å². The minimum absolute atomic E-state index is 0.0226. The number of nitrogens with one attached hydrogen (secondary N) is 1. The summed E-state index contributed by atoms with van der Waals surface area (Å²) in [5.74, 6) is 1.83. The van der Waals surface area contributed by atoms with Crippen molar-refractivity contribution in [2.75, 3.05) is 19.0 Å². The molecule has 2 aromatic rings. The number of hydrogen-bond acceptors (Lipinski definition) is 5. The summed E-state index contributed by atoms with van der Waals surface area (Å²) in [7, 11) is 0.